The summed E-state index contributed by atoms with van der Waals surface area (Å²) >= 11 is 0. The molecule has 0 aliphatic carbocycles. The van der Waals surface area contributed by atoms with Crippen LogP contribution < -0.4 is 0 Å². The van der Waals surface area contributed by atoms with Crippen molar-refractivity contribution in [2.45, 2.75) is 13.0 Å². The molecule has 0 aliphatic heterocycles. The Bertz CT molecular complexity index is 436. The lowest BCUT2D eigenvalue weighted by Gasteiger charge is -2.11. The molecule has 0 saturated carbocycles. The van der Waals surface area contributed by atoms with E-state index in [0.29, 0.717) is 6.07 Å². The maximum absolute atomic E-state index is 12.8. The second-order valence-corrected chi connectivity index (χ2v) is 4.75. The summed E-state index contributed by atoms with van der Waals surface area (Å²) in [7, 11) is -3.64. The van der Waals surface area contributed by atoms with Crippen molar-refractivity contribution >= 4 is 10.1 Å². The van der Waals surface area contributed by atoms with Crippen LogP contribution >= 0.6 is 0 Å². The number of hydrogen-bond acceptors (Lipinski definition) is 3. The fourth-order valence-electron chi connectivity index (χ4n) is 1.13. The molecular formula is C9H10F2O3S. The molecule has 0 saturated heterocycles. The van der Waals surface area contributed by atoms with Gasteiger partial charge in [0.05, 0.1) is 12.4 Å². The maximum Gasteiger partial charge on any atom is 0.264 e. The predicted octanol–water partition coefficient (Wildman–Crippen LogP) is 2.00. The molecule has 6 heteroatoms. The summed E-state index contributed by atoms with van der Waals surface area (Å²) in [6, 6.07) is 2.76. The lowest BCUT2D eigenvalue weighted by molar-refractivity contribution is 0.235. The first kappa shape index (κ1) is 12.1. The third kappa shape index (κ3) is 3.93. The number of halogens is 2. The minimum Gasteiger partial charge on any atom is -0.262 e. The van der Waals surface area contributed by atoms with E-state index in [1.165, 1.54) is 6.92 Å². The second-order valence-electron chi connectivity index (χ2n) is 3.15. The lowest BCUT2D eigenvalue weighted by atomic mass is 10.1. The van der Waals surface area contributed by atoms with Crippen LogP contribution in [0.5, 0.6) is 0 Å². The summed E-state index contributed by atoms with van der Waals surface area (Å²) in [6.45, 7) is 1.40. The highest BCUT2D eigenvalue weighted by atomic mass is 32.2. The highest BCUT2D eigenvalue weighted by Gasteiger charge is 2.14. The fraction of sp³-hybridized carbons (Fsp3) is 0.333. The Balaban J connectivity index is 2.96. The predicted molar refractivity (Wildman–Crippen MR) is 50.7 cm³/mol. The molecule has 0 bridgehead atoms. The molecule has 0 unspecified atom stereocenters. The van der Waals surface area contributed by atoms with Gasteiger partial charge in [-0.25, -0.2) is 8.78 Å². The molecule has 15 heavy (non-hydrogen) atoms. The van der Waals surface area contributed by atoms with Crippen molar-refractivity contribution in [3.05, 3.63) is 35.4 Å². The minimum atomic E-state index is -3.64. The molecule has 0 N–H and O–H groups in total. The van der Waals surface area contributed by atoms with Gasteiger partial charge in [0, 0.05) is 6.07 Å². The van der Waals surface area contributed by atoms with Gasteiger partial charge < -0.3 is 0 Å². The summed E-state index contributed by atoms with van der Waals surface area (Å²) in [5.74, 6) is -1.54. The van der Waals surface area contributed by atoms with Gasteiger partial charge >= 0.3 is 0 Å². The molecule has 0 amide bonds. The van der Waals surface area contributed by atoms with E-state index >= 15 is 0 Å². The van der Waals surface area contributed by atoms with Crippen LogP contribution in [0.1, 0.15) is 18.6 Å². The van der Waals surface area contributed by atoms with Crippen LogP contribution in [0.4, 0.5) is 8.78 Å². The average molecular weight is 236 g/mol. The second kappa shape index (κ2) is 4.24. The minimum absolute atomic E-state index is 0.137. The molecule has 3 nitrogen and oxygen atoms in total. The maximum atomic E-state index is 12.8. The first-order valence-electron chi connectivity index (χ1n) is 4.12. The molecule has 0 spiro atoms. The molecule has 1 aromatic rings. The largest absolute Gasteiger partial charge is 0.264 e. The normalized spacial score (nSPS) is 13.9. The van der Waals surface area contributed by atoms with Gasteiger partial charge in [0.1, 0.15) is 11.6 Å². The van der Waals surface area contributed by atoms with Crippen LogP contribution in [0.15, 0.2) is 18.2 Å². The lowest BCUT2D eigenvalue weighted by Crippen LogP contribution is -2.08. The van der Waals surface area contributed by atoms with Gasteiger partial charge in [-0.2, -0.15) is 8.42 Å². The van der Waals surface area contributed by atoms with E-state index in [-0.39, 0.29) is 5.56 Å². The van der Waals surface area contributed by atoms with Crippen molar-refractivity contribution in [1.29, 1.82) is 0 Å². The van der Waals surface area contributed by atoms with Gasteiger partial charge in [0.15, 0.2) is 0 Å². The Morgan fingerprint density at radius 3 is 2.07 bits per heavy atom. The average Bonchev–Trinajstić information content (AvgIpc) is 1.98. The van der Waals surface area contributed by atoms with Gasteiger partial charge in [-0.05, 0) is 24.6 Å². The summed E-state index contributed by atoms with van der Waals surface area (Å²) in [4.78, 5) is 0. The van der Waals surface area contributed by atoms with Crippen molar-refractivity contribution in [3.8, 4) is 0 Å². The number of benzene rings is 1. The first-order valence-corrected chi connectivity index (χ1v) is 5.94. The van der Waals surface area contributed by atoms with E-state index in [1.807, 2.05) is 0 Å². The molecule has 1 atom stereocenters. The topological polar surface area (TPSA) is 43.4 Å². The van der Waals surface area contributed by atoms with E-state index < -0.39 is 27.9 Å². The van der Waals surface area contributed by atoms with Crippen LogP contribution in [0.25, 0.3) is 0 Å². The quantitative estimate of drug-likeness (QED) is 0.754. The monoisotopic (exact) mass is 236 g/mol. The molecule has 0 aromatic heterocycles. The summed E-state index contributed by atoms with van der Waals surface area (Å²) in [5.41, 5.74) is 0.137. The molecule has 0 aliphatic rings. The highest BCUT2D eigenvalue weighted by molar-refractivity contribution is 7.86. The van der Waals surface area contributed by atoms with Gasteiger partial charge in [-0.3, -0.25) is 4.18 Å². The van der Waals surface area contributed by atoms with E-state index in [1.54, 1.807) is 0 Å². The Kier molecular flexibility index (Phi) is 3.41. The summed E-state index contributed by atoms with van der Waals surface area (Å²) in [6.07, 6.45) is -0.0377. The van der Waals surface area contributed by atoms with Crippen molar-refractivity contribution in [3.63, 3.8) is 0 Å². The van der Waals surface area contributed by atoms with Crippen LogP contribution in [-0.4, -0.2) is 14.7 Å². The van der Waals surface area contributed by atoms with Crippen LogP contribution in [-0.2, 0) is 14.3 Å². The number of rotatable bonds is 3. The van der Waals surface area contributed by atoms with Gasteiger partial charge in [-0.15, -0.1) is 0 Å². The highest BCUT2D eigenvalue weighted by Crippen LogP contribution is 2.20. The van der Waals surface area contributed by atoms with Crippen molar-refractivity contribution in [2.24, 2.45) is 0 Å². The molecular weight excluding hydrogens is 226 g/mol. The SMILES string of the molecule is C[C@@H](OS(C)(=O)=O)c1cc(F)cc(F)c1. The molecule has 1 rings (SSSR count). The summed E-state index contributed by atoms with van der Waals surface area (Å²) < 4.78 is 51.7. The summed E-state index contributed by atoms with van der Waals surface area (Å²) in [5, 5.41) is 0. The molecule has 84 valence electrons. The van der Waals surface area contributed by atoms with E-state index in [4.69, 9.17) is 0 Å². The van der Waals surface area contributed by atoms with Gasteiger partial charge in [0.25, 0.3) is 10.1 Å². The van der Waals surface area contributed by atoms with Gasteiger partial charge in [-0.1, -0.05) is 0 Å². The van der Waals surface area contributed by atoms with E-state index in [2.05, 4.69) is 4.18 Å². The Labute approximate surface area is 86.8 Å². The molecule has 0 radical (unpaired) electrons. The fourth-order valence-corrected chi connectivity index (χ4v) is 1.76. The zero-order valence-corrected chi connectivity index (χ0v) is 9.01. The molecule has 0 fully saturated rings. The van der Waals surface area contributed by atoms with E-state index in [9.17, 15) is 17.2 Å². The molecule has 1 aromatic carbocycles. The van der Waals surface area contributed by atoms with Crippen LogP contribution in [0.3, 0.4) is 0 Å². The number of hydrogen-bond donors (Lipinski definition) is 0. The van der Waals surface area contributed by atoms with Gasteiger partial charge in [0.2, 0.25) is 0 Å². The standard InChI is InChI=1S/C9H10F2O3S/c1-6(14-15(2,12)13)7-3-8(10)5-9(11)4-7/h3-6H,1-2H3/t6-/m1/s1. The first-order chi connectivity index (χ1) is 6.78. The molecule has 0 heterocycles. The zero-order chi connectivity index (χ0) is 11.6. The Morgan fingerprint density at radius 2 is 1.67 bits per heavy atom. The van der Waals surface area contributed by atoms with E-state index in [0.717, 1.165) is 18.4 Å². The third-order valence-electron chi connectivity index (χ3n) is 1.67. The van der Waals surface area contributed by atoms with Crippen molar-refractivity contribution in [2.75, 3.05) is 6.26 Å². The van der Waals surface area contributed by atoms with Crippen LogP contribution in [0.2, 0.25) is 0 Å². The van der Waals surface area contributed by atoms with Crippen molar-refractivity contribution < 1.29 is 21.4 Å². The smallest absolute Gasteiger partial charge is 0.262 e. The van der Waals surface area contributed by atoms with Crippen molar-refractivity contribution in [1.82, 2.24) is 0 Å². The zero-order valence-electron chi connectivity index (χ0n) is 8.20. The Hall–Kier alpha value is -1.01. The third-order valence-corrected chi connectivity index (χ3v) is 2.31. The van der Waals surface area contributed by atoms with Crippen LogP contribution in [0, 0.1) is 11.6 Å². The Morgan fingerprint density at radius 1 is 1.20 bits per heavy atom.